The summed E-state index contributed by atoms with van der Waals surface area (Å²) in [5.41, 5.74) is 0.428. The molecule has 1 aromatic carbocycles. The van der Waals surface area contributed by atoms with Crippen molar-refractivity contribution in [2.24, 2.45) is 5.92 Å². The number of carbonyl (C=O) groups is 1. The highest BCUT2D eigenvalue weighted by Gasteiger charge is 2.32. The summed E-state index contributed by atoms with van der Waals surface area (Å²) in [5, 5.41) is 0. The average molecular weight is 496 g/mol. The number of methoxy groups -OCH3 is 1. The van der Waals surface area contributed by atoms with Crippen molar-refractivity contribution >= 4 is 21.6 Å². The molecule has 0 spiro atoms. The van der Waals surface area contributed by atoms with Gasteiger partial charge in [0, 0.05) is 45.9 Å². The minimum Gasteiger partial charge on any atom is -0.491 e. The molecule has 1 aromatic rings. The average Bonchev–Trinajstić information content (AvgIpc) is 2.69. The first-order valence-corrected chi connectivity index (χ1v) is 12.4. The van der Waals surface area contributed by atoms with E-state index in [2.05, 4.69) is 4.72 Å². The topological polar surface area (TPSA) is 88.2 Å². The van der Waals surface area contributed by atoms with Crippen LogP contribution in [0.1, 0.15) is 30.6 Å². The van der Waals surface area contributed by atoms with Gasteiger partial charge in [0.2, 0.25) is 10.0 Å². The fourth-order valence-electron chi connectivity index (χ4n) is 3.71. The molecule has 188 valence electrons. The van der Waals surface area contributed by atoms with Crippen molar-refractivity contribution < 1.29 is 35.9 Å². The van der Waals surface area contributed by atoms with E-state index in [1.54, 1.807) is 18.9 Å². The van der Waals surface area contributed by atoms with Crippen LogP contribution in [0.15, 0.2) is 18.2 Å². The molecule has 0 aliphatic carbocycles. The highest BCUT2D eigenvalue weighted by atomic mass is 32.2. The maximum absolute atomic E-state index is 13.1. The van der Waals surface area contributed by atoms with Crippen LogP contribution in [0.2, 0.25) is 0 Å². The van der Waals surface area contributed by atoms with E-state index in [1.807, 2.05) is 6.92 Å². The molecule has 8 nitrogen and oxygen atoms in total. The Morgan fingerprint density at radius 1 is 1.24 bits per heavy atom. The van der Waals surface area contributed by atoms with Crippen molar-refractivity contribution in [1.29, 1.82) is 0 Å². The number of benzene rings is 1. The lowest BCUT2D eigenvalue weighted by Crippen LogP contribution is -2.47. The molecule has 0 bridgehead atoms. The zero-order chi connectivity index (χ0) is 25.0. The van der Waals surface area contributed by atoms with Gasteiger partial charge in [-0.15, -0.1) is 0 Å². The number of hydrogen-bond donors (Lipinski definition) is 1. The number of anilines is 1. The lowest BCUT2D eigenvalue weighted by Gasteiger charge is -2.36. The smallest absolute Gasteiger partial charge is 0.390 e. The minimum absolute atomic E-state index is 0.00848. The summed E-state index contributed by atoms with van der Waals surface area (Å²) in [7, 11) is -0.448. The molecule has 12 heteroatoms. The number of hydrogen-bond acceptors (Lipinski definition) is 6. The lowest BCUT2D eigenvalue weighted by molar-refractivity contribution is -0.140. The number of halogens is 3. The number of fused-ring (bicyclic) bond motifs is 1. The Hall–Kier alpha value is -2.05. The zero-order valence-corrected chi connectivity index (χ0v) is 20.3. The Bertz CT molecular complexity index is 926. The van der Waals surface area contributed by atoms with Crippen LogP contribution in [-0.2, 0) is 14.8 Å². The first-order chi connectivity index (χ1) is 15.2. The predicted molar refractivity (Wildman–Crippen MR) is 119 cm³/mol. The highest BCUT2D eigenvalue weighted by Crippen LogP contribution is 2.28. The van der Waals surface area contributed by atoms with Crippen LogP contribution in [0.4, 0.5) is 18.9 Å². The number of ether oxygens (including phenoxy) is 2. The summed E-state index contributed by atoms with van der Waals surface area (Å²) in [4.78, 5) is 16.3. The molecule has 1 amide bonds. The number of nitrogens with one attached hydrogen (secondary N) is 1. The van der Waals surface area contributed by atoms with E-state index < -0.39 is 34.8 Å². The fourth-order valence-corrected chi connectivity index (χ4v) is 4.26. The van der Waals surface area contributed by atoms with Crippen molar-refractivity contribution in [1.82, 2.24) is 9.80 Å². The van der Waals surface area contributed by atoms with Crippen molar-refractivity contribution in [2.75, 3.05) is 51.4 Å². The number of rotatable bonds is 5. The van der Waals surface area contributed by atoms with Gasteiger partial charge in [0.1, 0.15) is 12.4 Å². The fraction of sp³-hybridized carbons (Fsp3) is 0.667. The summed E-state index contributed by atoms with van der Waals surface area (Å²) in [5.74, 6) is -0.348. The van der Waals surface area contributed by atoms with E-state index in [1.165, 1.54) is 30.2 Å². The van der Waals surface area contributed by atoms with Crippen LogP contribution in [0, 0.1) is 5.92 Å². The van der Waals surface area contributed by atoms with Gasteiger partial charge in [0.25, 0.3) is 5.91 Å². The Kier molecular flexibility index (Phi) is 9.00. The van der Waals surface area contributed by atoms with Crippen LogP contribution < -0.4 is 9.46 Å². The van der Waals surface area contributed by atoms with Gasteiger partial charge in [-0.3, -0.25) is 14.4 Å². The van der Waals surface area contributed by atoms with E-state index in [4.69, 9.17) is 9.47 Å². The Morgan fingerprint density at radius 3 is 2.48 bits per heavy atom. The lowest BCUT2D eigenvalue weighted by atomic mass is 10.0. The minimum atomic E-state index is -4.29. The molecule has 1 heterocycles. The molecule has 0 saturated heterocycles. The molecule has 0 saturated carbocycles. The van der Waals surface area contributed by atoms with Gasteiger partial charge >= 0.3 is 6.18 Å². The molecule has 0 aromatic heterocycles. The molecule has 1 N–H and O–H groups in total. The van der Waals surface area contributed by atoms with E-state index in [0.717, 1.165) is 6.26 Å². The molecule has 1 aliphatic heterocycles. The van der Waals surface area contributed by atoms with Crippen molar-refractivity contribution in [3.8, 4) is 5.75 Å². The number of nitrogens with zero attached hydrogens (tertiary/aromatic N) is 2. The molecule has 0 radical (unpaired) electrons. The summed E-state index contributed by atoms with van der Waals surface area (Å²) >= 11 is 0. The predicted octanol–water partition coefficient (Wildman–Crippen LogP) is 2.82. The quantitative estimate of drug-likeness (QED) is 0.676. The summed E-state index contributed by atoms with van der Waals surface area (Å²) in [6.45, 7) is 3.98. The largest absolute Gasteiger partial charge is 0.491 e. The molecule has 2 rings (SSSR count). The number of sulfonamides is 1. The first-order valence-electron chi connectivity index (χ1n) is 10.5. The number of carbonyl (C=O) groups excluding carboxylic acids is 1. The third kappa shape index (κ3) is 8.35. The molecular formula is C21H32F3N3O5S. The van der Waals surface area contributed by atoms with E-state index in [9.17, 15) is 26.4 Å². The van der Waals surface area contributed by atoms with E-state index >= 15 is 0 Å². The number of alkyl halides is 3. The maximum Gasteiger partial charge on any atom is 0.390 e. The molecule has 1 aliphatic rings. The summed E-state index contributed by atoms with van der Waals surface area (Å²) in [6, 6.07) is 3.91. The third-order valence-corrected chi connectivity index (χ3v) is 6.17. The number of amides is 1. The highest BCUT2D eigenvalue weighted by molar-refractivity contribution is 7.92. The van der Waals surface area contributed by atoms with Gasteiger partial charge in [-0.25, -0.2) is 8.42 Å². The van der Waals surface area contributed by atoms with Crippen molar-refractivity contribution in [3.05, 3.63) is 23.8 Å². The van der Waals surface area contributed by atoms with E-state index in [-0.39, 0.29) is 48.5 Å². The summed E-state index contributed by atoms with van der Waals surface area (Å²) in [6.07, 6.45) is -4.65. The Balaban J connectivity index is 2.42. The second kappa shape index (κ2) is 10.9. The van der Waals surface area contributed by atoms with Crippen LogP contribution >= 0.6 is 0 Å². The maximum atomic E-state index is 13.1. The van der Waals surface area contributed by atoms with Crippen LogP contribution in [-0.4, -0.2) is 89.1 Å². The standard InChI is InChI=1S/C21H32F3N3O5S/c1-14-11-27(9-8-21(22,23)24)15(2)13-32-18-10-16(25-33(5,29)30)6-7-17(18)20(28)26(3)12-19(14)31-4/h6-7,10,14-15,19,25H,8-9,11-13H2,1-5H3/t14-,15-,19-/m0/s1. The molecular weight excluding hydrogens is 463 g/mol. The third-order valence-electron chi connectivity index (χ3n) is 5.56. The molecule has 0 fully saturated rings. The first kappa shape index (κ1) is 27.2. The molecule has 0 unspecified atom stereocenters. The molecule has 33 heavy (non-hydrogen) atoms. The molecule has 3 atom stereocenters. The van der Waals surface area contributed by atoms with Gasteiger partial charge in [-0.05, 0) is 25.0 Å². The van der Waals surface area contributed by atoms with Crippen LogP contribution in [0.3, 0.4) is 0 Å². The van der Waals surface area contributed by atoms with E-state index in [0.29, 0.717) is 6.54 Å². The SMILES string of the molecule is CO[C@H]1CN(C)C(=O)c2ccc(NS(C)(=O)=O)cc2OC[C@H](C)N(CCC(F)(F)F)C[C@@H]1C. The normalized spacial score (nSPS) is 23.8. The zero-order valence-electron chi connectivity index (χ0n) is 19.5. The van der Waals surface area contributed by atoms with Gasteiger partial charge in [0.15, 0.2) is 0 Å². The monoisotopic (exact) mass is 495 g/mol. The summed E-state index contributed by atoms with van der Waals surface area (Å²) < 4.78 is 75.7. The Labute approximate surface area is 193 Å². The second-order valence-electron chi connectivity index (χ2n) is 8.54. The van der Waals surface area contributed by atoms with Gasteiger partial charge in [-0.2, -0.15) is 13.2 Å². The van der Waals surface area contributed by atoms with Crippen molar-refractivity contribution in [3.63, 3.8) is 0 Å². The second-order valence-corrected chi connectivity index (χ2v) is 10.3. The van der Waals surface area contributed by atoms with Crippen LogP contribution in [0.25, 0.3) is 0 Å². The van der Waals surface area contributed by atoms with Gasteiger partial charge in [0.05, 0.1) is 30.0 Å². The van der Waals surface area contributed by atoms with Crippen LogP contribution in [0.5, 0.6) is 5.75 Å². The number of likely N-dealkylation sites (N-methyl/N-ethyl adjacent to an activating group) is 1. The van der Waals surface area contributed by atoms with Gasteiger partial charge < -0.3 is 14.4 Å². The van der Waals surface area contributed by atoms with Gasteiger partial charge in [-0.1, -0.05) is 6.92 Å². The van der Waals surface area contributed by atoms with Crippen molar-refractivity contribution in [2.45, 2.75) is 38.6 Å². The Morgan fingerprint density at radius 2 is 1.91 bits per heavy atom.